The summed E-state index contributed by atoms with van der Waals surface area (Å²) in [5.41, 5.74) is 1.71. The molecule has 0 aromatic heterocycles. The number of ether oxygens (including phenoxy) is 1. The highest BCUT2D eigenvalue weighted by atomic mass is 35.5. The number of Topliss-reactive ketones (excluding diaryl/α,β-unsaturated/α-hetero) is 1. The lowest BCUT2D eigenvalue weighted by Gasteiger charge is -2.23. The van der Waals surface area contributed by atoms with E-state index in [0.29, 0.717) is 6.61 Å². The summed E-state index contributed by atoms with van der Waals surface area (Å²) in [5, 5.41) is 0. The zero-order valence-corrected chi connectivity index (χ0v) is 11.9. The first-order chi connectivity index (χ1) is 9.10. The van der Waals surface area contributed by atoms with Gasteiger partial charge in [0.25, 0.3) is 0 Å². The summed E-state index contributed by atoms with van der Waals surface area (Å²) in [6.07, 6.45) is -0.226. The van der Waals surface area contributed by atoms with Crippen molar-refractivity contribution in [2.45, 2.75) is 20.3 Å². The van der Waals surface area contributed by atoms with Crippen LogP contribution < -0.4 is 4.90 Å². The van der Waals surface area contributed by atoms with Crippen LogP contribution in [-0.4, -0.2) is 30.9 Å². The van der Waals surface area contributed by atoms with Crippen LogP contribution in [0.15, 0.2) is 24.3 Å². The fourth-order valence-electron chi connectivity index (χ4n) is 1.68. The van der Waals surface area contributed by atoms with Crippen molar-refractivity contribution in [3.05, 3.63) is 29.8 Å². The van der Waals surface area contributed by atoms with E-state index in [-0.39, 0.29) is 24.6 Å². The zero-order chi connectivity index (χ0) is 14.3. The molecule has 0 radical (unpaired) electrons. The first-order valence-electron chi connectivity index (χ1n) is 6.17. The molecule has 5 heteroatoms. The third-order valence-electron chi connectivity index (χ3n) is 2.66. The average Bonchev–Trinajstić information content (AvgIpc) is 2.41. The van der Waals surface area contributed by atoms with Crippen LogP contribution in [0.5, 0.6) is 0 Å². The minimum Gasteiger partial charge on any atom is -0.449 e. The second-order valence-corrected chi connectivity index (χ2v) is 4.33. The lowest BCUT2D eigenvalue weighted by molar-refractivity contribution is -0.116. The summed E-state index contributed by atoms with van der Waals surface area (Å²) < 4.78 is 5.02. The topological polar surface area (TPSA) is 46.6 Å². The molecule has 19 heavy (non-hydrogen) atoms. The van der Waals surface area contributed by atoms with Crippen molar-refractivity contribution in [2.24, 2.45) is 0 Å². The molecule has 104 valence electrons. The average molecular weight is 284 g/mol. The van der Waals surface area contributed by atoms with Gasteiger partial charge in [-0.2, -0.15) is 0 Å². The van der Waals surface area contributed by atoms with Gasteiger partial charge in [0.1, 0.15) is 5.78 Å². The van der Waals surface area contributed by atoms with Crippen molar-refractivity contribution < 1.29 is 14.3 Å². The summed E-state index contributed by atoms with van der Waals surface area (Å²) in [5.74, 6) is -0.130. The molecule has 0 fully saturated rings. The van der Waals surface area contributed by atoms with Crippen molar-refractivity contribution >= 4 is 29.2 Å². The molecule has 0 saturated heterocycles. The minimum atomic E-state index is -0.445. The SMILES string of the molecule is CCOC(=O)N(CCC(=O)CCl)c1ccccc1C. The summed E-state index contributed by atoms with van der Waals surface area (Å²) in [6, 6.07) is 7.48. The molecule has 0 bridgehead atoms. The summed E-state index contributed by atoms with van der Waals surface area (Å²) in [4.78, 5) is 24.7. The van der Waals surface area contributed by atoms with Crippen LogP contribution in [0, 0.1) is 6.92 Å². The molecule has 0 aliphatic heterocycles. The number of carbonyl (C=O) groups is 2. The number of halogens is 1. The van der Waals surface area contributed by atoms with Crippen molar-refractivity contribution in [3.8, 4) is 0 Å². The van der Waals surface area contributed by atoms with E-state index in [1.165, 1.54) is 4.90 Å². The molecule has 1 amide bonds. The zero-order valence-electron chi connectivity index (χ0n) is 11.2. The van der Waals surface area contributed by atoms with Crippen LogP contribution in [0.4, 0.5) is 10.5 Å². The van der Waals surface area contributed by atoms with Gasteiger partial charge >= 0.3 is 6.09 Å². The Kier molecular flexibility index (Phi) is 6.36. The Bertz CT molecular complexity index is 448. The third kappa shape index (κ3) is 4.56. The number of anilines is 1. The maximum Gasteiger partial charge on any atom is 0.414 e. The van der Waals surface area contributed by atoms with Gasteiger partial charge in [0, 0.05) is 18.7 Å². The van der Waals surface area contributed by atoms with Gasteiger partial charge in [0.2, 0.25) is 0 Å². The molecule has 0 saturated carbocycles. The van der Waals surface area contributed by atoms with Crippen LogP contribution in [0.3, 0.4) is 0 Å². The number of carbonyl (C=O) groups excluding carboxylic acids is 2. The first kappa shape index (κ1) is 15.5. The van der Waals surface area contributed by atoms with Gasteiger partial charge in [-0.05, 0) is 25.5 Å². The third-order valence-corrected chi connectivity index (χ3v) is 2.96. The number of aryl methyl sites for hydroxylation is 1. The fourth-order valence-corrected chi connectivity index (χ4v) is 1.81. The number of hydrogen-bond donors (Lipinski definition) is 0. The van der Waals surface area contributed by atoms with E-state index in [0.717, 1.165) is 11.3 Å². The van der Waals surface area contributed by atoms with Gasteiger partial charge in [0.15, 0.2) is 0 Å². The molecule has 0 N–H and O–H groups in total. The smallest absolute Gasteiger partial charge is 0.414 e. The van der Waals surface area contributed by atoms with Crippen LogP contribution >= 0.6 is 11.6 Å². The number of rotatable bonds is 6. The van der Waals surface area contributed by atoms with Crippen LogP contribution in [0.2, 0.25) is 0 Å². The molecule has 0 aliphatic carbocycles. The van der Waals surface area contributed by atoms with Gasteiger partial charge in [-0.1, -0.05) is 18.2 Å². The van der Waals surface area contributed by atoms with Gasteiger partial charge in [0.05, 0.1) is 12.5 Å². The quantitative estimate of drug-likeness (QED) is 0.754. The van der Waals surface area contributed by atoms with Crippen molar-refractivity contribution in [1.29, 1.82) is 0 Å². The summed E-state index contributed by atoms with van der Waals surface area (Å²) in [6.45, 7) is 4.22. The Hall–Kier alpha value is -1.55. The number of hydrogen-bond acceptors (Lipinski definition) is 3. The second-order valence-electron chi connectivity index (χ2n) is 4.06. The Labute approximate surface area is 118 Å². The Morgan fingerprint density at radius 1 is 1.32 bits per heavy atom. The standard InChI is InChI=1S/C14H18ClNO3/c1-3-19-14(18)16(9-8-12(17)10-15)13-7-5-4-6-11(13)2/h4-7H,3,8-10H2,1-2H3. The lowest BCUT2D eigenvalue weighted by Crippen LogP contribution is -2.34. The second kappa shape index (κ2) is 7.79. The van der Waals surface area contributed by atoms with E-state index in [1.807, 2.05) is 31.2 Å². The molecule has 1 aromatic carbocycles. The van der Waals surface area contributed by atoms with Gasteiger partial charge in [-0.3, -0.25) is 9.69 Å². The number of amides is 1. The van der Waals surface area contributed by atoms with Crippen molar-refractivity contribution in [3.63, 3.8) is 0 Å². The molecule has 1 aromatic rings. The predicted octanol–water partition coefficient (Wildman–Crippen LogP) is 3.16. The Morgan fingerprint density at radius 2 is 2.00 bits per heavy atom. The van der Waals surface area contributed by atoms with Gasteiger partial charge < -0.3 is 4.74 Å². The van der Waals surface area contributed by atoms with Crippen molar-refractivity contribution in [1.82, 2.24) is 0 Å². The fraction of sp³-hybridized carbons (Fsp3) is 0.429. The van der Waals surface area contributed by atoms with E-state index < -0.39 is 6.09 Å². The molecular formula is C14H18ClNO3. The molecule has 0 spiro atoms. The van der Waals surface area contributed by atoms with E-state index in [1.54, 1.807) is 6.92 Å². The van der Waals surface area contributed by atoms with Gasteiger partial charge in [-0.15, -0.1) is 11.6 Å². The molecular weight excluding hydrogens is 266 g/mol. The number of ketones is 1. The highest BCUT2D eigenvalue weighted by Gasteiger charge is 2.19. The van der Waals surface area contributed by atoms with E-state index >= 15 is 0 Å². The maximum atomic E-state index is 12.0. The molecule has 0 unspecified atom stereocenters. The maximum absolute atomic E-state index is 12.0. The van der Waals surface area contributed by atoms with Crippen LogP contribution in [-0.2, 0) is 9.53 Å². The number of nitrogens with zero attached hydrogens (tertiary/aromatic N) is 1. The minimum absolute atomic E-state index is 0.0373. The lowest BCUT2D eigenvalue weighted by atomic mass is 10.1. The molecule has 0 aliphatic rings. The Balaban J connectivity index is 2.89. The molecule has 0 heterocycles. The van der Waals surface area contributed by atoms with E-state index in [2.05, 4.69) is 0 Å². The van der Waals surface area contributed by atoms with Crippen molar-refractivity contribution in [2.75, 3.05) is 23.9 Å². The first-order valence-corrected chi connectivity index (χ1v) is 6.71. The summed E-state index contributed by atoms with van der Waals surface area (Å²) >= 11 is 5.47. The monoisotopic (exact) mass is 283 g/mol. The molecule has 4 nitrogen and oxygen atoms in total. The predicted molar refractivity (Wildman–Crippen MR) is 75.9 cm³/mol. The molecule has 1 rings (SSSR count). The number of benzene rings is 1. The number of para-hydroxylation sites is 1. The normalized spacial score (nSPS) is 10.1. The largest absolute Gasteiger partial charge is 0.449 e. The van der Waals surface area contributed by atoms with E-state index in [9.17, 15) is 9.59 Å². The van der Waals surface area contributed by atoms with Crippen LogP contribution in [0.1, 0.15) is 18.9 Å². The number of alkyl halides is 1. The van der Waals surface area contributed by atoms with E-state index in [4.69, 9.17) is 16.3 Å². The Morgan fingerprint density at radius 3 is 2.58 bits per heavy atom. The highest BCUT2D eigenvalue weighted by Crippen LogP contribution is 2.20. The van der Waals surface area contributed by atoms with Gasteiger partial charge in [-0.25, -0.2) is 4.79 Å². The summed E-state index contributed by atoms with van der Waals surface area (Å²) in [7, 11) is 0. The van der Waals surface area contributed by atoms with Crippen LogP contribution in [0.25, 0.3) is 0 Å². The highest BCUT2D eigenvalue weighted by molar-refractivity contribution is 6.27. The molecule has 0 atom stereocenters.